The molecule has 1 heterocycles. The highest BCUT2D eigenvalue weighted by Gasteiger charge is 2.31. The Labute approximate surface area is 178 Å². The number of nitrogens with one attached hydrogen (secondary N) is 1. The van der Waals surface area contributed by atoms with E-state index in [0.717, 1.165) is 5.56 Å². The number of methoxy groups -OCH3 is 1. The fourth-order valence-electron chi connectivity index (χ4n) is 2.92. The van der Waals surface area contributed by atoms with Gasteiger partial charge in [0.2, 0.25) is 5.91 Å². The third-order valence-corrected chi connectivity index (χ3v) is 5.58. The van der Waals surface area contributed by atoms with Gasteiger partial charge in [-0.15, -0.1) is 0 Å². The Morgan fingerprint density at radius 2 is 1.97 bits per heavy atom. The summed E-state index contributed by atoms with van der Waals surface area (Å²) in [6.45, 7) is 3.86. The van der Waals surface area contributed by atoms with Gasteiger partial charge in [-0.05, 0) is 44.2 Å². The van der Waals surface area contributed by atoms with Gasteiger partial charge in [0.05, 0.1) is 13.7 Å². The van der Waals surface area contributed by atoms with E-state index in [4.69, 9.17) is 9.47 Å². The molecule has 0 aliphatic carbocycles. The van der Waals surface area contributed by atoms with Crippen molar-refractivity contribution in [1.82, 2.24) is 0 Å². The maximum absolute atomic E-state index is 12.4. The van der Waals surface area contributed by atoms with Crippen LogP contribution in [0.1, 0.15) is 36.2 Å². The molecule has 0 radical (unpaired) electrons. The lowest BCUT2D eigenvalue weighted by Crippen LogP contribution is -2.21. The van der Waals surface area contributed by atoms with Gasteiger partial charge in [0, 0.05) is 23.2 Å². The molecule has 0 fully saturated rings. The van der Waals surface area contributed by atoms with Crippen molar-refractivity contribution < 1.29 is 23.9 Å². The molecule has 1 aliphatic heterocycles. The summed E-state index contributed by atoms with van der Waals surface area (Å²) in [5.41, 5.74) is 1.75. The standard InChI is InChI=1S/C22H22N2O5S/c1-4-29-17-9-8-15(11-18(17)28-3)22-24-21(27)19(30-22)12-20(26)23-16-7-5-6-14(10-16)13(2)25/h5-11,19H,4,12H2,1-3H3,(H,23,26)/t19-/m1/s1. The molecule has 0 bridgehead atoms. The molecule has 0 saturated carbocycles. The van der Waals surface area contributed by atoms with Crippen molar-refractivity contribution >= 4 is 40.1 Å². The second-order valence-corrected chi connectivity index (χ2v) is 7.74. The Balaban J connectivity index is 1.65. The Bertz CT molecular complexity index is 1020. The number of hydrogen-bond acceptors (Lipinski definition) is 6. The second kappa shape index (κ2) is 9.58. The number of amides is 2. The molecule has 1 aliphatic rings. The quantitative estimate of drug-likeness (QED) is 0.647. The van der Waals surface area contributed by atoms with Crippen molar-refractivity contribution in [1.29, 1.82) is 0 Å². The van der Waals surface area contributed by atoms with Crippen molar-refractivity contribution in [2.75, 3.05) is 19.0 Å². The van der Waals surface area contributed by atoms with Crippen molar-refractivity contribution in [3.8, 4) is 11.5 Å². The summed E-state index contributed by atoms with van der Waals surface area (Å²) in [5, 5.41) is 2.67. The molecule has 156 valence electrons. The molecule has 2 aromatic carbocycles. The normalized spacial score (nSPS) is 15.5. The molecule has 1 atom stereocenters. The first-order valence-electron chi connectivity index (χ1n) is 9.42. The predicted molar refractivity (Wildman–Crippen MR) is 117 cm³/mol. The second-order valence-electron chi connectivity index (χ2n) is 6.55. The van der Waals surface area contributed by atoms with Crippen LogP contribution < -0.4 is 14.8 Å². The van der Waals surface area contributed by atoms with Crippen molar-refractivity contribution in [3.63, 3.8) is 0 Å². The molecule has 2 aromatic rings. The fourth-order valence-corrected chi connectivity index (χ4v) is 3.98. The van der Waals surface area contributed by atoms with Crippen LogP contribution in [0.3, 0.4) is 0 Å². The summed E-state index contributed by atoms with van der Waals surface area (Å²) < 4.78 is 10.9. The first kappa shape index (κ1) is 21.6. The number of ether oxygens (including phenoxy) is 2. The van der Waals surface area contributed by atoms with Gasteiger partial charge in [0.25, 0.3) is 5.91 Å². The average molecular weight is 426 g/mol. The molecular formula is C22H22N2O5S. The number of hydrogen-bond donors (Lipinski definition) is 1. The number of nitrogens with zero attached hydrogens (tertiary/aromatic N) is 1. The summed E-state index contributed by atoms with van der Waals surface area (Å²) in [7, 11) is 1.55. The number of aliphatic imine (C=N–C) groups is 1. The maximum Gasteiger partial charge on any atom is 0.260 e. The van der Waals surface area contributed by atoms with Crippen LogP contribution in [0.2, 0.25) is 0 Å². The highest BCUT2D eigenvalue weighted by molar-refractivity contribution is 8.16. The number of thioether (sulfide) groups is 1. The number of anilines is 1. The molecule has 30 heavy (non-hydrogen) atoms. The summed E-state index contributed by atoms with van der Waals surface area (Å²) in [6.07, 6.45) is -0.0189. The minimum absolute atomic E-state index is 0.0189. The lowest BCUT2D eigenvalue weighted by atomic mass is 10.1. The van der Waals surface area contributed by atoms with Gasteiger partial charge in [0.1, 0.15) is 10.3 Å². The molecule has 1 N–H and O–H groups in total. The van der Waals surface area contributed by atoms with E-state index in [1.165, 1.54) is 18.7 Å². The van der Waals surface area contributed by atoms with Gasteiger partial charge in [-0.2, -0.15) is 0 Å². The van der Waals surface area contributed by atoms with Crippen LogP contribution in [0.5, 0.6) is 11.5 Å². The highest BCUT2D eigenvalue weighted by Crippen LogP contribution is 2.34. The predicted octanol–water partition coefficient (Wildman–Crippen LogP) is 3.71. The van der Waals surface area contributed by atoms with E-state index in [2.05, 4.69) is 10.3 Å². The minimum Gasteiger partial charge on any atom is -0.493 e. The highest BCUT2D eigenvalue weighted by atomic mass is 32.2. The van der Waals surface area contributed by atoms with Gasteiger partial charge < -0.3 is 14.8 Å². The Morgan fingerprint density at radius 1 is 1.17 bits per heavy atom. The first-order chi connectivity index (χ1) is 14.4. The monoisotopic (exact) mass is 426 g/mol. The molecule has 0 unspecified atom stereocenters. The van der Waals surface area contributed by atoms with Crippen LogP contribution in [-0.2, 0) is 9.59 Å². The lowest BCUT2D eigenvalue weighted by molar-refractivity contribution is -0.121. The fraction of sp³-hybridized carbons (Fsp3) is 0.273. The zero-order chi connectivity index (χ0) is 21.7. The number of ketones is 1. The Hall–Kier alpha value is -3.13. The molecule has 7 nitrogen and oxygen atoms in total. The largest absolute Gasteiger partial charge is 0.493 e. The van der Waals surface area contributed by atoms with E-state index in [1.54, 1.807) is 43.5 Å². The maximum atomic E-state index is 12.4. The third-order valence-electron chi connectivity index (χ3n) is 4.38. The van der Waals surface area contributed by atoms with E-state index < -0.39 is 5.25 Å². The molecule has 3 rings (SSSR count). The topological polar surface area (TPSA) is 94.1 Å². The van der Waals surface area contributed by atoms with Gasteiger partial charge >= 0.3 is 0 Å². The molecule has 0 spiro atoms. The summed E-state index contributed by atoms with van der Waals surface area (Å²) >= 11 is 1.25. The van der Waals surface area contributed by atoms with E-state index in [9.17, 15) is 14.4 Å². The van der Waals surface area contributed by atoms with Gasteiger partial charge in [-0.3, -0.25) is 14.4 Å². The SMILES string of the molecule is CCOc1ccc(C2=NC(=O)[C@@H](CC(=O)Nc3cccc(C(C)=O)c3)S2)cc1OC. The van der Waals surface area contributed by atoms with E-state index >= 15 is 0 Å². The number of Topliss-reactive ketones (excluding diaryl/α,β-unsaturated/α-hetero) is 1. The summed E-state index contributed by atoms with van der Waals surface area (Å²) in [5.74, 6) is 0.410. The molecule has 0 aromatic heterocycles. The lowest BCUT2D eigenvalue weighted by Gasteiger charge is -2.11. The average Bonchev–Trinajstić information content (AvgIpc) is 3.08. The number of carbonyl (C=O) groups is 3. The van der Waals surface area contributed by atoms with Crippen molar-refractivity contribution in [2.45, 2.75) is 25.5 Å². The molecular weight excluding hydrogens is 404 g/mol. The smallest absolute Gasteiger partial charge is 0.260 e. The van der Waals surface area contributed by atoms with Crippen LogP contribution >= 0.6 is 11.8 Å². The van der Waals surface area contributed by atoms with Crippen LogP contribution in [0.15, 0.2) is 47.5 Å². The number of benzene rings is 2. The van der Waals surface area contributed by atoms with Crippen LogP contribution in [0.4, 0.5) is 5.69 Å². The van der Waals surface area contributed by atoms with Crippen molar-refractivity contribution in [3.05, 3.63) is 53.6 Å². The number of rotatable bonds is 8. The molecule has 0 saturated heterocycles. The van der Waals surface area contributed by atoms with Crippen LogP contribution in [-0.4, -0.2) is 41.6 Å². The zero-order valence-corrected chi connectivity index (χ0v) is 17.7. The Morgan fingerprint density at radius 3 is 2.67 bits per heavy atom. The van der Waals surface area contributed by atoms with E-state index in [0.29, 0.717) is 34.4 Å². The van der Waals surface area contributed by atoms with Crippen LogP contribution in [0.25, 0.3) is 0 Å². The molecule has 8 heteroatoms. The summed E-state index contributed by atoms with van der Waals surface area (Å²) in [6, 6.07) is 12.0. The van der Waals surface area contributed by atoms with E-state index in [1.807, 2.05) is 13.0 Å². The summed E-state index contributed by atoms with van der Waals surface area (Å²) in [4.78, 5) is 40.3. The third kappa shape index (κ3) is 5.07. The van der Waals surface area contributed by atoms with Crippen LogP contribution in [0, 0.1) is 0 Å². The van der Waals surface area contributed by atoms with Gasteiger partial charge in [0.15, 0.2) is 17.3 Å². The number of carbonyl (C=O) groups excluding carboxylic acids is 3. The molecule has 2 amide bonds. The van der Waals surface area contributed by atoms with Crippen molar-refractivity contribution in [2.24, 2.45) is 4.99 Å². The van der Waals surface area contributed by atoms with Gasteiger partial charge in [-0.25, -0.2) is 4.99 Å². The Kier molecular flexibility index (Phi) is 6.89. The van der Waals surface area contributed by atoms with Gasteiger partial charge in [-0.1, -0.05) is 23.9 Å². The minimum atomic E-state index is -0.603. The first-order valence-corrected chi connectivity index (χ1v) is 10.3. The zero-order valence-electron chi connectivity index (χ0n) is 16.9. The van der Waals surface area contributed by atoms with E-state index in [-0.39, 0.29) is 24.0 Å².